The van der Waals surface area contributed by atoms with Gasteiger partial charge in [-0.3, -0.25) is 14.2 Å². The van der Waals surface area contributed by atoms with Crippen LogP contribution in [0.5, 0.6) is 0 Å². The number of hydrogen-bond acceptors (Lipinski definition) is 6. The van der Waals surface area contributed by atoms with Gasteiger partial charge in [0.25, 0.3) is 5.56 Å². The largest absolute Gasteiger partial charge is 0.347 e. The molecular formula is C24H25N5O2S. The maximum absolute atomic E-state index is 13.0. The van der Waals surface area contributed by atoms with E-state index >= 15 is 0 Å². The van der Waals surface area contributed by atoms with Gasteiger partial charge < -0.3 is 10.2 Å². The molecule has 2 heterocycles. The molecule has 4 rings (SSSR count). The van der Waals surface area contributed by atoms with Gasteiger partial charge in [0, 0.05) is 19.3 Å². The van der Waals surface area contributed by atoms with Gasteiger partial charge in [-0.2, -0.15) is 4.98 Å². The van der Waals surface area contributed by atoms with Gasteiger partial charge in [-0.05, 0) is 30.0 Å². The maximum atomic E-state index is 13.0. The minimum atomic E-state index is -0.262. The summed E-state index contributed by atoms with van der Waals surface area (Å²) in [5.74, 6) is -0.261. The van der Waals surface area contributed by atoms with Crippen LogP contribution in [0, 0.1) is 6.92 Å². The van der Waals surface area contributed by atoms with E-state index in [1.165, 1.54) is 22.2 Å². The summed E-state index contributed by atoms with van der Waals surface area (Å²) < 4.78 is 1.78. The number of carbonyl (C=O) groups excluding carboxylic acids is 1. The Balaban J connectivity index is 1.54. The molecule has 0 aliphatic heterocycles. The number of para-hydroxylation sites is 1. The summed E-state index contributed by atoms with van der Waals surface area (Å²) in [7, 11) is 1.93. The molecule has 0 bridgehead atoms. The number of anilines is 2. The van der Waals surface area contributed by atoms with Gasteiger partial charge in [0.05, 0.1) is 0 Å². The highest BCUT2D eigenvalue weighted by molar-refractivity contribution is 7.22. The van der Waals surface area contributed by atoms with Crippen LogP contribution in [0.3, 0.4) is 0 Å². The second-order valence-corrected chi connectivity index (χ2v) is 8.66. The monoisotopic (exact) mass is 447 g/mol. The Morgan fingerprint density at radius 3 is 2.69 bits per heavy atom. The standard InChI is InChI=1S/C24H25N5O2S/c1-4-18-12-8-9-16(2)20(18)26-19(30)14-29-15-25-22-21(23(29)31)32-24(27-22)28(3)13-17-10-6-5-7-11-17/h5-12,15H,4,13-14H2,1-3H3,(H,26,30). The summed E-state index contributed by atoms with van der Waals surface area (Å²) in [6, 6.07) is 16.0. The predicted octanol–water partition coefficient (Wildman–Crippen LogP) is 4.00. The van der Waals surface area contributed by atoms with Gasteiger partial charge in [0.2, 0.25) is 5.91 Å². The van der Waals surface area contributed by atoms with Gasteiger partial charge in [0.1, 0.15) is 17.6 Å². The van der Waals surface area contributed by atoms with Crippen molar-refractivity contribution in [2.45, 2.75) is 33.4 Å². The summed E-state index contributed by atoms with van der Waals surface area (Å²) >= 11 is 1.29. The molecule has 0 aliphatic carbocycles. The summed E-state index contributed by atoms with van der Waals surface area (Å²) in [4.78, 5) is 36.5. The lowest BCUT2D eigenvalue weighted by molar-refractivity contribution is -0.116. The molecular weight excluding hydrogens is 422 g/mol. The Labute approximate surface area is 190 Å². The van der Waals surface area contributed by atoms with Gasteiger partial charge in [-0.15, -0.1) is 0 Å². The van der Waals surface area contributed by atoms with Crippen LogP contribution in [-0.4, -0.2) is 27.5 Å². The van der Waals surface area contributed by atoms with E-state index in [2.05, 4.69) is 15.3 Å². The fourth-order valence-electron chi connectivity index (χ4n) is 3.57. The molecule has 2 aromatic carbocycles. The number of aryl methyl sites for hydroxylation is 2. The Kier molecular flexibility index (Phi) is 6.32. The van der Waals surface area contributed by atoms with Crippen LogP contribution in [0.1, 0.15) is 23.6 Å². The zero-order valence-corrected chi connectivity index (χ0v) is 19.1. The van der Waals surface area contributed by atoms with Crippen molar-refractivity contribution in [2.75, 3.05) is 17.3 Å². The van der Waals surface area contributed by atoms with E-state index < -0.39 is 0 Å². The Hall–Kier alpha value is -3.52. The number of rotatable bonds is 7. The van der Waals surface area contributed by atoms with Crippen molar-refractivity contribution in [1.82, 2.24) is 14.5 Å². The van der Waals surface area contributed by atoms with Crippen molar-refractivity contribution in [3.63, 3.8) is 0 Å². The molecule has 0 fully saturated rings. The van der Waals surface area contributed by atoms with Crippen LogP contribution in [0.2, 0.25) is 0 Å². The molecule has 1 amide bonds. The summed E-state index contributed by atoms with van der Waals surface area (Å²) in [6.07, 6.45) is 2.20. The van der Waals surface area contributed by atoms with Crippen LogP contribution < -0.4 is 15.8 Å². The van der Waals surface area contributed by atoms with Crippen LogP contribution >= 0.6 is 11.3 Å². The molecule has 0 unspecified atom stereocenters. The third-order valence-electron chi connectivity index (χ3n) is 5.28. The smallest absolute Gasteiger partial charge is 0.273 e. The van der Waals surface area contributed by atoms with Crippen LogP contribution in [0.25, 0.3) is 10.3 Å². The van der Waals surface area contributed by atoms with E-state index in [1.807, 2.05) is 74.3 Å². The number of fused-ring (bicyclic) bond motifs is 1. The maximum Gasteiger partial charge on any atom is 0.273 e. The fourth-order valence-corrected chi connectivity index (χ4v) is 4.50. The zero-order valence-electron chi connectivity index (χ0n) is 18.3. The molecule has 0 spiro atoms. The van der Waals surface area contributed by atoms with Crippen LogP contribution in [0.4, 0.5) is 10.8 Å². The minimum absolute atomic E-state index is 0.105. The van der Waals surface area contributed by atoms with E-state index in [0.717, 1.165) is 28.8 Å². The molecule has 4 aromatic rings. The summed E-state index contributed by atoms with van der Waals surface area (Å²) in [6.45, 7) is 4.57. The average Bonchev–Trinajstić information content (AvgIpc) is 3.23. The molecule has 0 saturated heterocycles. The Morgan fingerprint density at radius 2 is 1.94 bits per heavy atom. The Bertz CT molecular complexity index is 1310. The van der Waals surface area contributed by atoms with E-state index in [0.29, 0.717) is 22.0 Å². The molecule has 0 aliphatic rings. The third-order valence-corrected chi connectivity index (χ3v) is 6.43. The highest BCUT2D eigenvalue weighted by atomic mass is 32.1. The number of amides is 1. The lowest BCUT2D eigenvalue weighted by Crippen LogP contribution is -2.28. The summed E-state index contributed by atoms with van der Waals surface area (Å²) in [5, 5.41) is 3.67. The number of thiazole rings is 1. The van der Waals surface area contributed by atoms with Crippen LogP contribution in [0.15, 0.2) is 59.7 Å². The van der Waals surface area contributed by atoms with E-state index in [1.54, 1.807) is 0 Å². The fraction of sp³-hybridized carbons (Fsp3) is 0.250. The second kappa shape index (κ2) is 9.32. The summed E-state index contributed by atoms with van der Waals surface area (Å²) in [5.41, 5.74) is 4.16. The van der Waals surface area contributed by atoms with Gasteiger partial charge in [0.15, 0.2) is 10.8 Å². The molecule has 32 heavy (non-hydrogen) atoms. The SMILES string of the molecule is CCc1cccc(C)c1NC(=O)Cn1cnc2nc(N(C)Cc3ccccc3)sc2c1=O. The van der Waals surface area contributed by atoms with Crippen molar-refractivity contribution in [3.05, 3.63) is 81.9 Å². The first-order valence-electron chi connectivity index (χ1n) is 10.5. The number of nitrogens with zero attached hydrogens (tertiary/aromatic N) is 4. The zero-order chi connectivity index (χ0) is 22.7. The highest BCUT2D eigenvalue weighted by Crippen LogP contribution is 2.25. The molecule has 2 aromatic heterocycles. The van der Waals surface area contributed by atoms with Crippen molar-refractivity contribution >= 4 is 38.4 Å². The van der Waals surface area contributed by atoms with Crippen molar-refractivity contribution < 1.29 is 4.79 Å². The van der Waals surface area contributed by atoms with Crippen molar-refractivity contribution in [3.8, 4) is 0 Å². The van der Waals surface area contributed by atoms with E-state index in [9.17, 15) is 9.59 Å². The first-order chi connectivity index (χ1) is 15.5. The topological polar surface area (TPSA) is 80.1 Å². The molecule has 8 heteroatoms. The molecule has 0 radical (unpaired) electrons. The molecule has 7 nitrogen and oxygen atoms in total. The molecule has 1 N–H and O–H groups in total. The van der Waals surface area contributed by atoms with Gasteiger partial charge in [-0.1, -0.05) is 66.8 Å². The number of aromatic nitrogens is 3. The average molecular weight is 448 g/mol. The highest BCUT2D eigenvalue weighted by Gasteiger charge is 2.16. The minimum Gasteiger partial charge on any atom is -0.347 e. The van der Waals surface area contributed by atoms with Crippen LogP contribution in [-0.2, 0) is 24.3 Å². The quantitative estimate of drug-likeness (QED) is 0.463. The lowest BCUT2D eigenvalue weighted by Gasteiger charge is -2.15. The molecule has 0 saturated carbocycles. The third kappa shape index (κ3) is 4.55. The van der Waals surface area contributed by atoms with Gasteiger partial charge in [-0.25, -0.2) is 4.98 Å². The second-order valence-electron chi connectivity index (χ2n) is 7.68. The number of hydrogen-bond donors (Lipinski definition) is 1. The van der Waals surface area contributed by atoms with Crippen molar-refractivity contribution in [1.29, 1.82) is 0 Å². The number of benzene rings is 2. The molecule has 164 valence electrons. The predicted molar refractivity (Wildman–Crippen MR) is 129 cm³/mol. The number of carbonyl (C=O) groups is 1. The van der Waals surface area contributed by atoms with E-state index in [4.69, 9.17) is 0 Å². The normalized spacial score (nSPS) is 11.0. The lowest BCUT2D eigenvalue weighted by atomic mass is 10.1. The first kappa shape index (κ1) is 21.7. The van der Waals surface area contributed by atoms with Gasteiger partial charge >= 0.3 is 0 Å². The van der Waals surface area contributed by atoms with E-state index in [-0.39, 0.29) is 18.0 Å². The first-order valence-corrected chi connectivity index (χ1v) is 11.3. The Morgan fingerprint density at radius 1 is 1.16 bits per heavy atom. The van der Waals surface area contributed by atoms with Crippen molar-refractivity contribution in [2.24, 2.45) is 0 Å². The molecule has 0 atom stereocenters. The number of nitrogens with one attached hydrogen (secondary N) is 1.